The molecule has 6 nitrogen and oxygen atoms in total. The second kappa shape index (κ2) is 10.1. The van der Waals surface area contributed by atoms with E-state index in [-0.39, 0.29) is 23.6 Å². The molecule has 0 bridgehead atoms. The number of fused-ring (bicyclic) bond motifs is 1. The Hall–Kier alpha value is -2.90. The molecule has 1 aliphatic rings. The number of amides is 2. The zero-order valence-corrected chi connectivity index (χ0v) is 19.5. The Morgan fingerprint density at radius 3 is 2.53 bits per heavy atom. The van der Waals surface area contributed by atoms with Crippen molar-refractivity contribution in [2.75, 3.05) is 18.4 Å². The van der Waals surface area contributed by atoms with Crippen LogP contribution in [-0.2, 0) is 24.2 Å². The van der Waals surface area contributed by atoms with Crippen LogP contribution in [-0.4, -0.2) is 35.8 Å². The van der Waals surface area contributed by atoms with Crippen molar-refractivity contribution in [2.45, 2.75) is 32.4 Å². The molecule has 1 aromatic heterocycles. The third-order valence-corrected chi connectivity index (χ3v) is 6.18. The Labute approximate surface area is 196 Å². The average Bonchev–Trinajstić information content (AvgIpc) is 3.25. The van der Waals surface area contributed by atoms with Crippen LogP contribution in [0.3, 0.4) is 0 Å². The Balaban J connectivity index is 1.23. The van der Waals surface area contributed by atoms with Crippen LogP contribution in [0, 0.1) is 0 Å². The minimum atomic E-state index is -0.324. The predicted molar refractivity (Wildman–Crippen MR) is 128 cm³/mol. The molecule has 2 N–H and O–H groups in total. The number of anilines is 1. The summed E-state index contributed by atoms with van der Waals surface area (Å²) in [5, 5.41) is 5.83. The molecule has 3 aromatic rings. The van der Waals surface area contributed by atoms with Crippen molar-refractivity contribution >= 4 is 33.4 Å². The summed E-state index contributed by atoms with van der Waals surface area (Å²) in [6, 6.07) is 19.4. The maximum atomic E-state index is 12.4. The number of nitrogens with one attached hydrogen (secondary N) is 2. The highest BCUT2D eigenvalue weighted by atomic mass is 79.9. The Morgan fingerprint density at radius 1 is 1.06 bits per heavy atom. The van der Waals surface area contributed by atoms with Gasteiger partial charge >= 0.3 is 0 Å². The minimum absolute atomic E-state index is 0.00789. The summed E-state index contributed by atoms with van der Waals surface area (Å²) in [4.78, 5) is 27.0. The van der Waals surface area contributed by atoms with Crippen molar-refractivity contribution in [3.63, 3.8) is 0 Å². The molecule has 0 radical (unpaired) electrons. The smallest absolute Gasteiger partial charge is 0.291 e. The van der Waals surface area contributed by atoms with E-state index in [0.29, 0.717) is 23.3 Å². The van der Waals surface area contributed by atoms with Crippen molar-refractivity contribution < 1.29 is 14.0 Å². The second-order valence-electron chi connectivity index (χ2n) is 8.07. The lowest BCUT2D eigenvalue weighted by Gasteiger charge is -2.33. The Kier molecular flexibility index (Phi) is 7.07. The summed E-state index contributed by atoms with van der Waals surface area (Å²) >= 11 is 3.18. The fourth-order valence-electron chi connectivity index (χ4n) is 3.87. The molecule has 32 heavy (non-hydrogen) atoms. The van der Waals surface area contributed by atoms with E-state index in [4.69, 9.17) is 4.42 Å². The Bertz CT molecular complexity index is 1090. The van der Waals surface area contributed by atoms with Gasteiger partial charge in [-0.15, -0.1) is 0 Å². The number of carbonyl (C=O) groups excluding carboxylic acids is 2. The highest BCUT2D eigenvalue weighted by molar-refractivity contribution is 9.10. The van der Waals surface area contributed by atoms with Gasteiger partial charge in [-0.25, -0.2) is 0 Å². The fraction of sp³-hybridized carbons (Fsp3) is 0.280. The van der Waals surface area contributed by atoms with Crippen molar-refractivity contribution in [1.82, 2.24) is 10.2 Å². The number of hydrogen-bond acceptors (Lipinski definition) is 4. The van der Waals surface area contributed by atoms with Gasteiger partial charge in [-0.2, -0.15) is 0 Å². The van der Waals surface area contributed by atoms with Gasteiger partial charge < -0.3 is 15.1 Å². The van der Waals surface area contributed by atoms with Crippen molar-refractivity contribution in [1.29, 1.82) is 0 Å². The molecule has 1 aliphatic heterocycles. The zero-order valence-electron chi connectivity index (χ0n) is 17.9. The lowest BCUT2D eigenvalue weighted by atomic mass is 9.99. The van der Waals surface area contributed by atoms with Crippen LogP contribution in [0.25, 0.3) is 0 Å². The number of nitrogens with zero attached hydrogens (tertiary/aromatic N) is 1. The molecule has 166 valence electrons. The molecule has 1 unspecified atom stereocenters. The molecule has 2 aromatic carbocycles. The van der Waals surface area contributed by atoms with Crippen LogP contribution in [0.5, 0.6) is 0 Å². The predicted octanol–water partition coefficient (Wildman–Crippen LogP) is 4.40. The van der Waals surface area contributed by atoms with Crippen molar-refractivity contribution in [3.05, 3.63) is 87.8 Å². The monoisotopic (exact) mass is 495 g/mol. The first-order valence-electron chi connectivity index (χ1n) is 10.7. The molecule has 0 aliphatic carbocycles. The van der Waals surface area contributed by atoms with Gasteiger partial charge in [0.15, 0.2) is 10.4 Å². The van der Waals surface area contributed by atoms with Crippen LogP contribution in [0.15, 0.2) is 69.8 Å². The number of furan rings is 1. The van der Waals surface area contributed by atoms with Gasteiger partial charge in [-0.1, -0.05) is 36.4 Å². The molecule has 7 heteroatoms. The summed E-state index contributed by atoms with van der Waals surface area (Å²) in [6.45, 7) is 4.71. The lowest BCUT2D eigenvalue weighted by molar-refractivity contribution is -0.120. The molecule has 0 saturated heterocycles. The maximum Gasteiger partial charge on any atom is 0.291 e. The summed E-state index contributed by atoms with van der Waals surface area (Å²) in [6.07, 6.45) is 1.35. The topological polar surface area (TPSA) is 74.6 Å². The van der Waals surface area contributed by atoms with E-state index in [1.165, 1.54) is 11.1 Å². The minimum Gasteiger partial charge on any atom is -0.444 e. The largest absolute Gasteiger partial charge is 0.444 e. The molecular weight excluding hydrogens is 470 g/mol. The van der Waals surface area contributed by atoms with Crippen LogP contribution >= 0.6 is 15.9 Å². The van der Waals surface area contributed by atoms with E-state index in [0.717, 1.165) is 25.1 Å². The first-order valence-corrected chi connectivity index (χ1v) is 11.5. The highest BCUT2D eigenvalue weighted by Gasteiger charge is 2.20. The molecule has 2 heterocycles. The quantitative estimate of drug-likeness (QED) is 0.509. The SMILES string of the molecule is CC(CNC(=O)Cc1ccc(NC(=O)c2ccc(Br)o2)cc1)N1CCc2ccccc2C1. The van der Waals surface area contributed by atoms with Gasteiger partial charge in [0.1, 0.15) is 0 Å². The maximum absolute atomic E-state index is 12.4. The van der Waals surface area contributed by atoms with E-state index < -0.39 is 0 Å². The third kappa shape index (κ3) is 5.66. The van der Waals surface area contributed by atoms with Crippen molar-refractivity contribution in [2.24, 2.45) is 0 Å². The van der Waals surface area contributed by atoms with Gasteiger partial charge in [0.2, 0.25) is 5.91 Å². The Morgan fingerprint density at radius 2 is 1.81 bits per heavy atom. The summed E-state index contributed by atoms with van der Waals surface area (Å²) < 4.78 is 5.75. The van der Waals surface area contributed by atoms with Gasteiger partial charge in [0, 0.05) is 31.4 Å². The third-order valence-electron chi connectivity index (χ3n) is 5.75. The van der Waals surface area contributed by atoms with E-state index in [1.54, 1.807) is 24.3 Å². The highest BCUT2D eigenvalue weighted by Crippen LogP contribution is 2.20. The number of halogens is 1. The molecule has 0 spiro atoms. The van der Waals surface area contributed by atoms with Crippen LogP contribution in [0.2, 0.25) is 0 Å². The standard InChI is InChI=1S/C25H26BrN3O3/c1-17(29-13-12-19-4-2-3-5-20(19)16-29)15-27-24(30)14-18-6-8-21(9-7-18)28-25(31)22-10-11-23(26)32-22/h2-11,17H,12-16H2,1H3,(H,27,30)(H,28,31). The van der Waals surface area contributed by atoms with Crippen molar-refractivity contribution in [3.8, 4) is 0 Å². The summed E-state index contributed by atoms with van der Waals surface area (Å²) in [7, 11) is 0. The van der Waals surface area contributed by atoms with E-state index in [1.807, 2.05) is 12.1 Å². The number of carbonyl (C=O) groups is 2. The molecule has 1 atom stereocenters. The molecule has 0 fully saturated rings. The number of benzene rings is 2. The molecule has 0 saturated carbocycles. The van der Waals surface area contributed by atoms with Gasteiger partial charge in [-0.3, -0.25) is 14.5 Å². The van der Waals surface area contributed by atoms with Crippen LogP contribution < -0.4 is 10.6 Å². The first-order chi connectivity index (χ1) is 15.5. The van der Waals surface area contributed by atoms with Crippen LogP contribution in [0.1, 0.15) is 34.2 Å². The van der Waals surface area contributed by atoms with E-state index >= 15 is 0 Å². The van der Waals surface area contributed by atoms with Gasteiger partial charge in [0.25, 0.3) is 5.91 Å². The summed E-state index contributed by atoms with van der Waals surface area (Å²) in [5.41, 5.74) is 4.34. The number of hydrogen-bond donors (Lipinski definition) is 2. The second-order valence-corrected chi connectivity index (χ2v) is 8.86. The van der Waals surface area contributed by atoms with E-state index in [2.05, 4.69) is 62.7 Å². The lowest BCUT2D eigenvalue weighted by Crippen LogP contribution is -2.44. The van der Waals surface area contributed by atoms with Gasteiger partial charge in [-0.05, 0) is 70.2 Å². The van der Waals surface area contributed by atoms with E-state index in [9.17, 15) is 9.59 Å². The molecular formula is C25H26BrN3O3. The number of rotatable bonds is 7. The van der Waals surface area contributed by atoms with Crippen LogP contribution in [0.4, 0.5) is 5.69 Å². The average molecular weight is 496 g/mol. The molecule has 2 amide bonds. The van der Waals surface area contributed by atoms with Gasteiger partial charge in [0.05, 0.1) is 6.42 Å². The first kappa shape index (κ1) is 22.3. The summed E-state index contributed by atoms with van der Waals surface area (Å²) in [5.74, 6) is -0.103. The normalized spacial score (nSPS) is 14.4. The fourth-order valence-corrected chi connectivity index (χ4v) is 4.17. The zero-order chi connectivity index (χ0) is 22.5. The molecule has 4 rings (SSSR count).